The number of para-hydroxylation sites is 1. The van der Waals surface area contributed by atoms with Gasteiger partial charge >= 0.3 is 0 Å². The van der Waals surface area contributed by atoms with E-state index in [2.05, 4.69) is 4.90 Å². The summed E-state index contributed by atoms with van der Waals surface area (Å²) < 4.78 is 0. The summed E-state index contributed by atoms with van der Waals surface area (Å²) in [6.07, 6.45) is 3.72. The highest BCUT2D eigenvalue weighted by Crippen LogP contribution is 2.39. The summed E-state index contributed by atoms with van der Waals surface area (Å²) in [5.41, 5.74) is 0.695. The molecule has 2 fully saturated rings. The van der Waals surface area contributed by atoms with E-state index in [4.69, 9.17) is 0 Å². The summed E-state index contributed by atoms with van der Waals surface area (Å²) in [6.45, 7) is 3.84. The van der Waals surface area contributed by atoms with Crippen molar-refractivity contribution in [3.05, 3.63) is 29.8 Å². The molecule has 1 spiro atoms. The number of carbonyl (C=O) groups excluding carboxylic acids is 2. The van der Waals surface area contributed by atoms with E-state index < -0.39 is 0 Å². The van der Waals surface area contributed by atoms with Gasteiger partial charge in [-0.05, 0) is 39.4 Å². The third kappa shape index (κ3) is 4.80. The molecule has 2 heterocycles. The molecular formula is C21H31N3O3. The van der Waals surface area contributed by atoms with E-state index in [0.29, 0.717) is 18.5 Å². The van der Waals surface area contributed by atoms with E-state index in [1.54, 1.807) is 18.2 Å². The Morgan fingerprint density at radius 1 is 1.22 bits per heavy atom. The molecule has 2 aliphatic rings. The van der Waals surface area contributed by atoms with Crippen molar-refractivity contribution in [1.82, 2.24) is 14.7 Å². The second-order valence-corrected chi connectivity index (χ2v) is 8.34. The number of likely N-dealkylation sites (tertiary alicyclic amines) is 2. The van der Waals surface area contributed by atoms with Crippen molar-refractivity contribution in [2.75, 3.05) is 46.8 Å². The first-order chi connectivity index (χ1) is 12.9. The van der Waals surface area contributed by atoms with Crippen LogP contribution in [-0.2, 0) is 16.0 Å². The van der Waals surface area contributed by atoms with Crippen LogP contribution in [-0.4, -0.2) is 78.4 Å². The molecule has 0 aliphatic carbocycles. The van der Waals surface area contributed by atoms with Crippen molar-refractivity contribution < 1.29 is 14.7 Å². The SMILES string of the molecule is CN(C)CCN1CC2(CCCN(C(=O)Cc3ccccc3O)C2)CCC1=O. The van der Waals surface area contributed by atoms with E-state index in [-0.39, 0.29) is 29.4 Å². The maximum absolute atomic E-state index is 12.8. The summed E-state index contributed by atoms with van der Waals surface area (Å²) >= 11 is 0. The fourth-order valence-electron chi connectivity index (χ4n) is 4.32. The molecule has 0 bridgehead atoms. The van der Waals surface area contributed by atoms with E-state index in [1.807, 2.05) is 30.0 Å². The molecule has 1 aromatic carbocycles. The minimum Gasteiger partial charge on any atom is -0.508 e. The van der Waals surface area contributed by atoms with Gasteiger partial charge in [0.25, 0.3) is 0 Å². The molecule has 2 saturated heterocycles. The van der Waals surface area contributed by atoms with Gasteiger partial charge in [0.2, 0.25) is 11.8 Å². The molecule has 27 heavy (non-hydrogen) atoms. The maximum Gasteiger partial charge on any atom is 0.227 e. The second-order valence-electron chi connectivity index (χ2n) is 8.34. The van der Waals surface area contributed by atoms with Crippen LogP contribution in [0.1, 0.15) is 31.2 Å². The molecular weight excluding hydrogens is 342 g/mol. The third-order valence-electron chi connectivity index (χ3n) is 5.91. The quantitative estimate of drug-likeness (QED) is 0.854. The Morgan fingerprint density at radius 3 is 2.74 bits per heavy atom. The zero-order chi connectivity index (χ0) is 19.4. The molecule has 2 aliphatic heterocycles. The molecule has 148 valence electrons. The molecule has 1 aromatic rings. The van der Waals surface area contributed by atoms with E-state index >= 15 is 0 Å². The normalized spacial score (nSPS) is 23.3. The van der Waals surface area contributed by atoms with Crippen molar-refractivity contribution in [3.8, 4) is 5.75 Å². The van der Waals surface area contributed by atoms with E-state index in [1.165, 1.54) is 0 Å². The first kappa shape index (κ1) is 19.7. The Hall–Kier alpha value is -2.08. The third-order valence-corrected chi connectivity index (χ3v) is 5.91. The largest absolute Gasteiger partial charge is 0.508 e. The average molecular weight is 373 g/mol. The van der Waals surface area contributed by atoms with E-state index in [9.17, 15) is 14.7 Å². The molecule has 2 amide bonds. The fourth-order valence-corrected chi connectivity index (χ4v) is 4.32. The summed E-state index contributed by atoms with van der Waals surface area (Å²) in [5.74, 6) is 0.475. The molecule has 1 N–H and O–H groups in total. The summed E-state index contributed by atoms with van der Waals surface area (Å²) in [7, 11) is 4.04. The van der Waals surface area contributed by atoms with Crippen LogP contribution >= 0.6 is 0 Å². The minimum absolute atomic E-state index is 0.0207. The van der Waals surface area contributed by atoms with Gasteiger partial charge in [-0.25, -0.2) is 0 Å². The van der Waals surface area contributed by atoms with Crippen LogP contribution in [0.25, 0.3) is 0 Å². The van der Waals surface area contributed by atoms with Gasteiger partial charge in [0.1, 0.15) is 5.75 Å². The monoisotopic (exact) mass is 373 g/mol. The van der Waals surface area contributed by atoms with Crippen LogP contribution in [0.2, 0.25) is 0 Å². The molecule has 0 radical (unpaired) electrons. The highest BCUT2D eigenvalue weighted by molar-refractivity contribution is 5.80. The number of aromatic hydroxyl groups is 1. The van der Waals surface area contributed by atoms with E-state index in [0.717, 1.165) is 45.4 Å². The smallest absolute Gasteiger partial charge is 0.227 e. The second kappa shape index (κ2) is 8.30. The summed E-state index contributed by atoms with van der Waals surface area (Å²) in [4.78, 5) is 31.2. The van der Waals surface area contributed by atoms with Crippen LogP contribution < -0.4 is 0 Å². The number of carbonyl (C=O) groups is 2. The van der Waals surface area contributed by atoms with Crippen molar-refractivity contribution in [3.63, 3.8) is 0 Å². The number of phenols is 1. The molecule has 0 aromatic heterocycles. The van der Waals surface area contributed by atoms with Gasteiger partial charge in [0.15, 0.2) is 0 Å². The van der Waals surface area contributed by atoms with Crippen LogP contribution in [0.15, 0.2) is 24.3 Å². The van der Waals surface area contributed by atoms with Crippen molar-refractivity contribution >= 4 is 11.8 Å². The number of benzene rings is 1. The van der Waals surface area contributed by atoms with Crippen molar-refractivity contribution in [2.24, 2.45) is 5.41 Å². The van der Waals surface area contributed by atoms with Crippen molar-refractivity contribution in [1.29, 1.82) is 0 Å². The number of hydrogen-bond acceptors (Lipinski definition) is 4. The number of rotatable bonds is 5. The van der Waals surface area contributed by atoms with Gasteiger partial charge in [-0.2, -0.15) is 0 Å². The lowest BCUT2D eigenvalue weighted by atomic mass is 9.73. The molecule has 0 saturated carbocycles. The van der Waals surface area contributed by atoms with Crippen LogP contribution in [0, 0.1) is 5.41 Å². The van der Waals surface area contributed by atoms with Gasteiger partial charge < -0.3 is 19.8 Å². The van der Waals surface area contributed by atoms with Gasteiger partial charge in [-0.15, -0.1) is 0 Å². The van der Waals surface area contributed by atoms with Crippen molar-refractivity contribution in [2.45, 2.75) is 32.1 Å². The first-order valence-electron chi connectivity index (χ1n) is 9.86. The highest BCUT2D eigenvalue weighted by atomic mass is 16.3. The average Bonchev–Trinajstić information content (AvgIpc) is 2.64. The zero-order valence-corrected chi connectivity index (χ0v) is 16.5. The summed E-state index contributed by atoms with van der Waals surface area (Å²) in [6, 6.07) is 7.03. The molecule has 3 rings (SSSR count). The number of amides is 2. The molecule has 1 atom stereocenters. The highest BCUT2D eigenvalue weighted by Gasteiger charge is 2.42. The first-order valence-corrected chi connectivity index (χ1v) is 9.86. The maximum atomic E-state index is 12.8. The Labute approximate surface area is 161 Å². The number of phenolic OH excluding ortho intramolecular Hbond substituents is 1. The van der Waals surface area contributed by atoms with Crippen LogP contribution in [0.3, 0.4) is 0 Å². The number of hydrogen-bond donors (Lipinski definition) is 1. The molecule has 6 heteroatoms. The topological polar surface area (TPSA) is 64.1 Å². The standard InChI is InChI=1S/C21H31N3O3/c1-22(2)12-13-24-16-21(10-8-19(24)26)9-5-11-23(15-21)20(27)14-17-6-3-4-7-18(17)25/h3-4,6-7,25H,5,8-16H2,1-2H3. The molecule has 6 nitrogen and oxygen atoms in total. The summed E-state index contributed by atoms with van der Waals surface area (Å²) in [5, 5.41) is 9.95. The number of likely N-dealkylation sites (N-methyl/N-ethyl adjacent to an activating group) is 1. The molecule has 1 unspecified atom stereocenters. The number of nitrogens with zero attached hydrogens (tertiary/aromatic N) is 3. The predicted molar refractivity (Wildman–Crippen MR) is 104 cm³/mol. The van der Waals surface area contributed by atoms with Gasteiger partial charge in [0.05, 0.1) is 6.42 Å². The Morgan fingerprint density at radius 2 is 2.00 bits per heavy atom. The lowest BCUT2D eigenvalue weighted by molar-refractivity contribution is -0.142. The lowest BCUT2D eigenvalue weighted by Gasteiger charge is -2.48. The van der Waals surface area contributed by atoms with Gasteiger partial charge in [0, 0.05) is 50.1 Å². The lowest BCUT2D eigenvalue weighted by Crippen LogP contribution is -2.56. The van der Waals surface area contributed by atoms with Crippen LogP contribution in [0.5, 0.6) is 5.75 Å². The van der Waals surface area contributed by atoms with Gasteiger partial charge in [-0.3, -0.25) is 9.59 Å². The zero-order valence-electron chi connectivity index (χ0n) is 16.5. The predicted octanol–water partition coefficient (Wildman–Crippen LogP) is 1.73. The Balaban J connectivity index is 1.64. The minimum atomic E-state index is 0.0207. The van der Waals surface area contributed by atoms with Crippen LogP contribution in [0.4, 0.5) is 0 Å². The van der Waals surface area contributed by atoms with Gasteiger partial charge in [-0.1, -0.05) is 18.2 Å². The fraction of sp³-hybridized carbons (Fsp3) is 0.619. The Bertz CT molecular complexity index is 691. The Kier molecular flexibility index (Phi) is 6.05. The number of piperidine rings is 2.